The van der Waals surface area contributed by atoms with Gasteiger partial charge >= 0.3 is 0 Å². The van der Waals surface area contributed by atoms with Crippen molar-refractivity contribution in [3.8, 4) is 0 Å². The molecule has 0 aromatic carbocycles. The highest BCUT2D eigenvalue weighted by atomic mass is 19.1. The Bertz CT molecular complexity index is 626. The standard InChI is InChI=1S/C14H18FN5O/c1-3-5-16-13-12(7-10(15)8-17-13)14(21)18-9-11-4-6-20(2)19-11/h4,6-8H,3,5,9H2,1-2H3,(H,16,17)(H,18,21). The van der Waals surface area contributed by atoms with Crippen LogP contribution in [0.2, 0.25) is 0 Å². The fourth-order valence-electron chi connectivity index (χ4n) is 1.82. The molecule has 0 atom stereocenters. The molecule has 2 rings (SSSR count). The van der Waals surface area contributed by atoms with Crippen LogP contribution in [0.1, 0.15) is 29.4 Å². The summed E-state index contributed by atoms with van der Waals surface area (Å²) in [6, 6.07) is 2.99. The third-order valence-electron chi connectivity index (χ3n) is 2.84. The van der Waals surface area contributed by atoms with Crippen molar-refractivity contribution in [2.24, 2.45) is 7.05 Å². The third-order valence-corrected chi connectivity index (χ3v) is 2.84. The topological polar surface area (TPSA) is 71.8 Å². The fraction of sp³-hybridized carbons (Fsp3) is 0.357. The molecule has 2 N–H and O–H groups in total. The molecule has 112 valence electrons. The van der Waals surface area contributed by atoms with Gasteiger partial charge in [0.25, 0.3) is 5.91 Å². The van der Waals surface area contributed by atoms with Gasteiger partial charge in [-0.2, -0.15) is 5.10 Å². The molecule has 6 nitrogen and oxygen atoms in total. The molecule has 0 bridgehead atoms. The molecule has 21 heavy (non-hydrogen) atoms. The zero-order chi connectivity index (χ0) is 15.2. The van der Waals surface area contributed by atoms with Crippen molar-refractivity contribution in [1.82, 2.24) is 20.1 Å². The lowest BCUT2D eigenvalue weighted by Gasteiger charge is -2.10. The Morgan fingerprint density at radius 1 is 1.48 bits per heavy atom. The van der Waals surface area contributed by atoms with E-state index >= 15 is 0 Å². The Morgan fingerprint density at radius 2 is 2.29 bits per heavy atom. The van der Waals surface area contributed by atoms with Crippen molar-refractivity contribution in [3.05, 3.63) is 41.6 Å². The normalized spacial score (nSPS) is 10.4. The van der Waals surface area contributed by atoms with E-state index in [2.05, 4.69) is 20.7 Å². The molecule has 0 spiro atoms. The van der Waals surface area contributed by atoms with Crippen molar-refractivity contribution >= 4 is 11.7 Å². The van der Waals surface area contributed by atoms with Crippen LogP contribution in [0, 0.1) is 5.82 Å². The van der Waals surface area contributed by atoms with Crippen molar-refractivity contribution in [1.29, 1.82) is 0 Å². The minimum Gasteiger partial charge on any atom is -0.369 e. The summed E-state index contributed by atoms with van der Waals surface area (Å²) in [5.74, 6) is -0.539. The molecule has 0 saturated carbocycles. The highest BCUT2D eigenvalue weighted by Crippen LogP contribution is 2.13. The van der Waals surface area contributed by atoms with E-state index in [0.29, 0.717) is 12.4 Å². The van der Waals surface area contributed by atoms with E-state index in [1.165, 1.54) is 6.07 Å². The van der Waals surface area contributed by atoms with E-state index in [9.17, 15) is 9.18 Å². The van der Waals surface area contributed by atoms with Crippen molar-refractivity contribution in [3.63, 3.8) is 0 Å². The van der Waals surface area contributed by atoms with Gasteiger partial charge in [-0.25, -0.2) is 9.37 Å². The van der Waals surface area contributed by atoms with E-state index in [-0.39, 0.29) is 18.0 Å². The molecule has 1 amide bonds. The minimum atomic E-state index is -0.542. The first-order chi connectivity index (χ1) is 10.1. The molecule has 0 saturated heterocycles. The molecule has 0 aliphatic heterocycles. The summed E-state index contributed by atoms with van der Waals surface area (Å²) in [6.07, 6.45) is 3.76. The van der Waals surface area contributed by atoms with Crippen LogP contribution in [-0.4, -0.2) is 27.2 Å². The Morgan fingerprint density at radius 3 is 2.95 bits per heavy atom. The summed E-state index contributed by atoms with van der Waals surface area (Å²) in [4.78, 5) is 16.1. The van der Waals surface area contributed by atoms with Crippen molar-refractivity contribution < 1.29 is 9.18 Å². The quantitative estimate of drug-likeness (QED) is 0.850. The highest BCUT2D eigenvalue weighted by molar-refractivity contribution is 5.98. The Kier molecular flexibility index (Phi) is 4.86. The van der Waals surface area contributed by atoms with Gasteiger partial charge in [-0.05, 0) is 18.6 Å². The number of nitrogens with zero attached hydrogens (tertiary/aromatic N) is 3. The van der Waals surface area contributed by atoms with Crippen LogP contribution >= 0.6 is 0 Å². The second-order valence-electron chi connectivity index (χ2n) is 4.64. The van der Waals surface area contributed by atoms with Gasteiger partial charge in [-0.15, -0.1) is 0 Å². The fourth-order valence-corrected chi connectivity index (χ4v) is 1.82. The minimum absolute atomic E-state index is 0.194. The molecule has 2 aromatic heterocycles. The Balaban J connectivity index is 2.08. The summed E-state index contributed by atoms with van der Waals surface area (Å²) in [6.45, 7) is 2.94. The number of aryl methyl sites for hydroxylation is 1. The average molecular weight is 291 g/mol. The summed E-state index contributed by atoms with van der Waals surface area (Å²) >= 11 is 0. The van der Waals surface area contributed by atoms with Crippen molar-refractivity contribution in [2.75, 3.05) is 11.9 Å². The van der Waals surface area contributed by atoms with Gasteiger partial charge < -0.3 is 10.6 Å². The predicted octanol–water partition coefficient (Wildman–Crippen LogP) is 1.71. The smallest absolute Gasteiger partial charge is 0.255 e. The molecular weight excluding hydrogens is 273 g/mol. The Labute approximate surface area is 122 Å². The van der Waals surface area contributed by atoms with Gasteiger partial charge in [-0.3, -0.25) is 9.48 Å². The zero-order valence-corrected chi connectivity index (χ0v) is 12.1. The molecule has 0 radical (unpaired) electrons. The van der Waals surface area contributed by atoms with Gasteiger partial charge in [0, 0.05) is 19.8 Å². The summed E-state index contributed by atoms with van der Waals surface area (Å²) in [5.41, 5.74) is 0.928. The Hall–Kier alpha value is -2.44. The van der Waals surface area contributed by atoms with Gasteiger partial charge in [0.2, 0.25) is 0 Å². The predicted molar refractivity (Wildman–Crippen MR) is 77.4 cm³/mol. The third kappa shape index (κ3) is 4.01. The van der Waals surface area contributed by atoms with E-state index in [1.54, 1.807) is 24.0 Å². The molecule has 0 fully saturated rings. The number of carbonyl (C=O) groups excluding carboxylic acids is 1. The summed E-state index contributed by atoms with van der Waals surface area (Å²) in [7, 11) is 1.80. The van der Waals surface area contributed by atoms with Crippen LogP contribution in [0.4, 0.5) is 10.2 Å². The second kappa shape index (κ2) is 6.83. The van der Waals surface area contributed by atoms with Gasteiger partial charge in [-0.1, -0.05) is 6.92 Å². The van der Waals surface area contributed by atoms with Gasteiger partial charge in [0.15, 0.2) is 0 Å². The van der Waals surface area contributed by atoms with Crippen LogP contribution < -0.4 is 10.6 Å². The number of anilines is 1. The van der Waals surface area contributed by atoms with E-state index in [4.69, 9.17) is 0 Å². The monoisotopic (exact) mass is 291 g/mol. The van der Waals surface area contributed by atoms with Crippen LogP contribution in [0.15, 0.2) is 24.5 Å². The molecule has 0 unspecified atom stereocenters. The van der Waals surface area contributed by atoms with Crippen LogP contribution in [0.5, 0.6) is 0 Å². The van der Waals surface area contributed by atoms with Gasteiger partial charge in [0.1, 0.15) is 11.6 Å². The number of hydrogen-bond donors (Lipinski definition) is 2. The summed E-state index contributed by atoms with van der Waals surface area (Å²) < 4.78 is 15.0. The van der Waals surface area contributed by atoms with Crippen LogP contribution in [0.3, 0.4) is 0 Å². The number of carbonyl (C=O) groups is 1. The number of hydrogen-bond acceptors (Lipinski definition) is 4. The number of aromatic nitrogens is 3. The maximum absolute atomic E-state index is 13.3. The highest BCUT2D eigenvalue weighted by Gasteiger charge is 2.14. The molecule has 7 heteroatoms. The molecule has 2 aromatic rings. The maximum Gasteiger partial charge on any atom is 0.255 e. The number of rotatable bonds is 6. The number of pyridine rings is 1. The number of amides is 1. The van der Waals surface area contributed by atoms with Gasteiger partial charge in [0.05, 0.1) is 24.0 Å². The average Bonchev–Trinajstić information content (AvgIpc) is 2.89. The number of halogens is 1. The summed E-state index contributed by atoms with van der Waals surface area (Å²) in [5, 5.41) is 9.89. The first kappa shape index (κ1) is 15.0. The zero-order valence-electron chi connectivity index (χ0n) is 12.1. The largest absolute Gasteiger partial charge is 0.369 e. The van der Waals surface area contributed by atoms with Crippen molar-refractivity contribution in [2.45, 2.75) is 19.9 Å². The lowest BCUT2D eigenvalue weighted by atomic mass is 10.2. The lowest BCUT2D eigenvalue weighted by Crippen LogP contribution is -2.25. The first-order valence-corrected chi connectivity index (χ1v) is 6.76. The van der Waals surface area contributed by atoms with E-state index < -0.39 is 5.82 Å². The number of nitrogens with one attached hydrogen (secondary N) is 2. The second-order valence-corrected chi connectivity index (χ2v) is 4.64. The first-order valence-electron chi connectivity index (χ1n) is 6.76. The molecule has 0 aliphatic rings. The van der Waals surface area contributed by atoms with Crippen LogP contribution in [0.25, 0.3) is 0 Å². The SMILES string of the molecule is CCCNc1ncc(F)cc1C(=O)NCc1ccn(C)n1. The molecule has 2 heterocycles. The van der Waals surface area contributed by atoms with Crippen LogP contribution in [-0.2, 0) is 13.6 Å². The van der Waals surface area contributed by atoms with E-state index in [0.717, 1.165) is 18.3 Å². The molecule has 0 aliphatic carbocycles. The van der Waals surface area contributed by atoms with E-state index in [1.807, 2.05) is 6.92 Å². The lowest BCUT2D eigenvalue weighted by molar-refractivity contribution is 0.0950. The maximum atomic E-state index is 13.3. The molecular formula is C14H18FN5O.